The maximum Gasteiger partial charge on any atom is 0.306 e. The monoisotopic (exact) mass is 825 g/mol. The van der Waals surface area contributed by atoms with Gasteiger partial charge in [0.2, 0.25) is 0 Å². The van der Waals surface area contributed by atoms with Crippen LogP contribution in [0.5, 0.6) is 0 Å². The summed E-state index contributed by atoms with van der Waals surface area (Å²) in [5.41, 5.74) is 0. The van der Waals surface area contributed by atoms with E-state index >= 15 is 0 Å². The minimum Gasteiger partial charge on any atom is -0.462 e. The number of esters is 3. The zero-order valence-corrected chi connectivity index (χ0v) is 38.8. The van der Waals surface area contributed by atoms with Crippen molar-refractivity contribution in [2.24, 2.45) is 0 Å². The van der Waals surface area contributed by atoms with Gasteiger partial charge in [-0.15, -0.1) is 0 Å². The Balaban J connectivity index is 4.35. The van der Waals surface area contributed by atoms with Gasteiger partial charge >= 0.3 is 17.9 Å². The van der Waals surface area contributed by atoms with Gasteiger partial charge in [0.25, 0.3) is 0 Å². The van der Waals surface area contributed by atoms with Crippen LogP contribution in [0.25, 0.3) is 0 Å². The molecule has 0 spiro atoms. The Hall–Kier alpha value is -2.89. The maximum atomic E-state index is 12.7. The summed E-state index contributed by atoms with van der Waals surface area (Å²) in [6, 6.07) is 0. The van der Waals surface area contributed by atoms with Crippen LogP contribution in [0, 0.1) is 0 Å². The minimum absolute atomic E-state index is 0.0955. The van der Waals surface area contributed by atoms with Gasteiger partial charge in [0.15, 0.2) is 6.10 Å². The lowest BCUT2D eigenvalue weighted by Crippen LogP contribution is -2.30. The summed E-state index contributed by atoms with van der Waals surface area (Å²) in [5, 5.41) is 0. The van der Waals surface area contributed by atoms with Crippen LogP contribution < -0.4 is 0 Å². The number of unbranched alkanes of at least 4 members (excludes halogenated alkanes) is 23. The Bertz CT molecular complexity index is 1090. The molecular formula is C53H92O6. The standard InChI is InChI=1S/C53H92O6/c1-4-7-10-13-16-19-22-24-25-26-27-28-29-30-32-34-37-40-43-46-52(55)58-49-50(48-57-51(54)45-42-39-36-33-21-18-15-12-9-6-3)59-53(56)47-44-41-38-35-31-23-20-17-14-11-8-5-2/h8,11,15,17-18,20,26-27,31,35,50H,4-7,9-10,12-14,16,19,21-25,28-30,32-34,36-49H2,1-3H3/b11-8-,18-15-,20-17-,27-26-,35-31-. The molecule has 0 saturated heterocycles. The summed E-state index contributed by atoms with van der Waals surface area (Å²) in [6.45, 7) is 6.43. The molecule has 6 heteroatoms. The molecule has 0 aromatic rings. The van der Waals surface area contributed by atoms with Crippen molar-refractivity contribution in [3.8, 4) is 0 Å². The number of carbonyl (C=O) groups excluding carboxylic acids is 3. The van der Waals surface area contributed by atoms with E-state index in [1.54, 1.807) is 0 Å². The highest BCUT2D eigenvalue weighted by Gasteiger charge is 2.19. The SMILES string of the molecule is CC/C=C\C/C=C\C/C=C\CCCCC(=O)OC(COC(=O)CCCCCC/C=C\CCCC)COC(=O)CCCCCCCCC/C=C\CCCCCCCCCC. The van der Waals surface area contributed by atoms with Gasteiger partial charge in [-0.25, -0.2) is 0 Å². The Morgan fingerprint density at radius 3 is 1.14 bits per heavy atom. The normalized spacial score (nSPS) is 12.5. The van der Waals surface area contributed by atoms with Gasteiger partial charge < -0.3 is 14.2 Å². The van der Waals surface area contributed by atoms with Gasteiger partial charge in [-0.05, 0) is 96.3 Å². The van der Waals surface area contributed by atoms with Crippen LogP contribution in [0.1, 0.15) is 239 Å². The van der Waals surface area contributed by atoms with Crippen molar-refractivity contribution >= 4 is 17.9 Å². The molecule has 0 fully saturated rings. The summed E-state index contributed by atoms with van der Waals surface area (Å²) in [7, 11) is 0. The Morgan fingerprint density at radius 1 is 0.356 bits per heavy atom. The molecule has 340 valence electrons. The first-order valence-electron chi connectivity index (χ1n) is 24.8. The van der Waals surface area contributed by atoms with Crippen LogP contribution in [0.2, 0.25) is 0 Å². The third-order valence-corrected chi connectivity index (χ3v) is 10.5. The van der Waals surface area contributed by atoms with E-state index in [2.05, 4.69) is 81.5 Å². The molecule has 0 aliphatic rings. The van der Waals surface area contributed by atoms with Crippen LogP contribution in [0.15, 0.2) is 60.8 Å². The van der Waals surface area contributed by atoms with Crippen molar-refractivity contribution in [2.45, 2.75) is 245 Å². The molecule has 0 rings (SSSR count). The molecule has 0 N–H and O–H groups in total. The quantitative estimate of drug-likeness (QED) is 0.0263. The minimum atomic E-state index is -0.797. The zero-order valence-electron chi connectivity index (χ0n) is 38.8. The van der Waals surface area contributed by atoms with Crippen LogP contribution in [-0.4, -0.2) is 37.2 Å². The predicted molar refractivity (Wildman–Crippen MR) is 251 cm³/mol. The topological polar surface area (TPSA) is 78.9 Å². The fraction of sp³-hybridized carbons (Fsp3) is 0.755. The largest absolute Gasteiger partial charge is 0.462 e. The molecule has 0 heterocycles. The molecule has 0 aliphatic carbocycles. The average Bonchev–Trinajstić information content (AvgIpc) is 3.23. The van der Waals surface area contributed by atoms with E-state index in [-0.39, 0.29) is 37.5 Å². The van der Waals surface area contributed by atoms with E-state index in [4.69, 9.17) is 14.2 Å². The third-order valence-electron chi connectivity index (χ3n) is 10.5. The van der Waals surface area contributed by atoms with Crippen molar-refractivity contribution in [3.63, 3.8) is 0 Å². The molecule has 0 radical (unpaired) electrons. The molecule has 0 aliphatic heterocycles. The van der Waals surface area contributed by atoms with Gasteiger partial charge in [0, 0.05) is 19.3 Å². The Labute approximate surface area is 364 Å². The van der Waals surface area contributed by atoms with E-state index in [1.807, 2.05) is 0 Å². The molecule has 1 atom stereocenters. The summed E-state index contributed by atoms with van der Waals surface area (Å²) in [5.74, 6) is -0.954. The summed E-state index contributed by atoms with van der Waals surface area (Å²) in [4.78, 5) is 37.8. The second-order valence-electron chi connectivity index (χ2n) is 16.3. The van der Waals surface area contributed by atoms with Crippen LogP contribution in [-0.2, 0) is 28.6 Å². The van der Waals surface area contributed by atoms with Crippen LogP contribution in [0.4, 0.5) is 0 Å². The van der Waals surface area contributed by atoms with E-state index in [0.29, 0.717) is 19.3 Å². The maximum absolute atomic E-state index is 12.7. The molecule has 0 saturated carbocycles. The van der Waals surface area contributed by atoms with Crippen molar-refractivity contribution < 1.29 is 28.6 Å². The molecule has 0 aromatic carbocycles. The third kappa shape index (κ3) is 46.0. The predicted octanol–water partition coefficient (Wildman–Crippen LogP) is 16.1. The zero-order chi connectivity index (χ0) is 43.0. The smallest absolute Gasteiger partial charge is 0.306 e. The van der Waals surface area contributed by atoms with Crippen molar-refractivity contribution in [1.82, 2.24) is 0 Å². The Kier molecular flexibility index (Phi) is 45.4. The second-order valence-corrected chi connectivity index (χ2v) is 16.3. The van der Waals surface area contributed by atoms with Crippen molar-refractivity contribution in [2.75, 3.05) is 13.2 Å². The van der Waals surface area contributed by atoms with Gasteiger partial charge in [0.05, 0.1) is 0 Å². The lowest BCUT2D eigenvalue weighted by molar-refractivity contribution is -0.167. The highest BCUT2D eigenvalue weighted by atomic mass is 16.6. The van der Waals surface area contributed by atoms with E-state index in [9.17, 15) is 14.4 Å². The summed E-state index contributed by atoms with van der Waals surface area (Å²) >= 11 is 0. The van der Waals surface area contributed by atoms with Crippen molar-refractivity contribution in [1.29, 1.82) is 0 Å². The number of hydrogen-bond donors (Lipinski definition) is 0. The number of allylic oxidation sites excluding steroid dienone is 10. The first-order chi connectivity index (χ1) is 29.0. The molecule has 0 bridgehead atoms. The molecule has 59 heavy (non-hydrogen) atoms. The lowest BCUT2D eigenvalue weighted by atomic mass is 10.1. The van der Waals surface area contributed by atoms with E-state index in [0.717, 1.165) is 89.9 Å². The summed E-state index contributed by atoms with van der Waals surface area (Å²) < 4.78 is 16.7. The van der Waals surface area contributed by atoms with Crippen LogP contribution >= 0.6 is 0 Å². The first kappa shape index (κ1) is 56.1. The fourth-order valence-electron chi connectivity index (χ4n) is 6.73. The second kappa shape index (κ2) is 47.8. The number of hydrogen-bond acceptors (Lipinski definition) is 6. The highest BCUT2D eigenvalue weighted by Crippen LogP contribution is 2.14. The van der Waals surface area contributed by atoms with Gasteiger partial charge in [-0.1, -0.05) is 184 Å². The first-order valence-corrected chi connectivity index (χ1v) is 24.8. The van der Waals surface area contributed by atoms with Crippen molar-refractivity contribution in [3.05, 3.63) is 60.8 Å². The highest BCUT2D eigenvalue weighted by molar-refractivity contribution is 5.71. The Morgan fingerprint density at radius 2 is 0.678 bits per heavy atom. The molecular weight excluding hydrogens is 733 g/mol. The molecule has 0 amide bonds. The molecule has 1 unspecified atom stereocenters. The average molecular weight is 825 g/mol. The number of carbonyl (C=O) groups is 3. The van der Waals surface area contributed by atoms with Gasteiger partial charge in [-0.2, -0.15) is 0 Å². The van der Waals surface area contributed by atoms with Crippen LogP contribution in [0.3, 0.4) is 0 Å². The lowest BCUT2D eigenvalue weighted by Gasteiger charge is -2.18. The van der Waals surface area contributed by atoms with Gasteiger partial charge in [0.1, 0.15) is 13.2 Å². The van der Waals surface area contributed by atoms with Gasteiger partial charge in [-0.3, -0.25) is 14.4 Å². The van der Waals surface area contributed by atoms with E-state index in [1.165, 1.54) is 103 Å². The fourth-order valence-corrected chi connectivity index (χ4v) is 6.73. The van der Waals surface area contributed by atoms with E-state index < -0.39 is 6.10 Å². The summed E-state index contributed by atoms with van der Waals surface area (Å²) in [6.07, 6.45) is 57.9. The molecule has 6 nitrogen and oxygen atoms in total. The number of rotatable bonds is 44. The number of ether oxygens (including phenoxy) is 3. The molecule has 0 aromatic heterocycles.